The zero-order valence-electron chi connectivity index (χ0n) is 24.2. The van der Waals surface area contributed by atoms with E-state index in [4.69, 9.17) is 9.47 Å². The minimum Gasteiger partial charge on any atom is -0.461 e. The Hall–Kier alpha value is -3.48. The molecule has 0 aliphatic carbocycles. The maximum atomic E-state index is 13.5. The van der Waals surface area contributed by atoms with Crippen LogP contribution in [-0.2, 0) is 33.7 Å². The minimum atomic E-state index is -3.45. The highest BCUT2D eigenvalue weighted by atomic mass is 35.5. The monoisotopic (exact) mass is 626 g/mol. The fourth-order valence-corrected chi connectivity index (χ4v) is 4.65. The number of sulfone groups is 1. The quantitative estimate of drug-likeness (QED) is 0.0574. The van der Waals surface area contributed by atoms with Gasteiger partial charge in [0, 0.05) is 24.8 Å². The van der Waals surface area contributed by atoms with Gasteiger partial charge >= 0.3 is 11.9 Å². The average Bonchev–Trinajstić information content (AvgIpc) is 2.95. The third-order valence-corrected chi connectivity index (χ3v) is 7.46. The molecule has 2 aromatic rings. The number of likely N-dealkylation sites (N-methyl/N-ethyl adjacent to an activating group) is 1. The number of esters is 2. The van der Waals surface area contributed by atoms with E-state index in [1.165, 1.54) is 12.1 Å². The first-order valence-corrected chi connectivity index (χ1v) is 15.4. The summed E-state index contributed by atoms with van der Waals surface area (Å²) >= 11 is 0. The Bertz CT molecular complexity index is 1280. The number of rotatable bonds is 18. The molecule has 2 rings (SSSR count). The van der Waals surface area contributed by atoms with Crippen molar-refractivity contribution in [1.82, 2.24) is 4.90 Å². The molecule has 0 saturated heterocycles. The van der Waals surface area contributed by atoms with Gasteiger partial charge in [-0.3, -0.25) is 4.79 Å². The lowest BCUT2D eigenvalue weighted by atomic mass is 9.95. The van der Waals surface area contributed by atoms with Crippen molar-refractivity contribution in [2.45, 2.75) is 44.4 Å². The van der Waals surface area contributed by atoms with Crippen LogP contribution in [0.3, 0.4) is 0 Å². The van der Waals surface area contributed by atoms with E-state index in [2.05, 4.69) is 9.74 Å². The predicted octanol–water partition coefficient (Wildman–Crippen LogP) is 4.62. The van der Waals surface area contributed by atoms with Gasteiger partial charge in [-0.25, -0.2) is 13.2 Å². The van der Waals surface area contributed by atoms with E-state index in [9.17, 15) is 28.1 Å². The fourth-order valence-electron chi connectivity index (χ4n) is 4.01. The van der Waals surface area contributed by atoms with Crippen molar-refractivity contribution >= 4 is 45.3 Å². The predicted molar refractivity (Wildman–Crippen MR) is 161 cm³/mol. The van der Waals surface area contributed by atoms with E-state index in [1.807, 2.05) is 19.9 Å². The van der Waals surface area contributed by atoms with E-state index in [0.29, 0.717) is 42.5 Å². The molecular weight excluding hydrogens is 588 g/mol. The molecule has 0 radical (unpaired) electrons. The van der Waals surface area contributed by atoms with Crippen LogP contribution in [0.1, 0.15) is 50.7 Å². The fraction of sp³-hybridized carbons (Fsp3) is 0.448. The summed E-state index contributed by atoms with van der Waals surface area (Å²) in [6, 6.07) is 14.9. The second-order valence-corrected chi connectivity index (χ2v) is 11.2. The summed E-state index contributed by atoms with van der Waals surface area (Å²) in [4.78, 5) is 42.8. The molecule has 0 unspecified atom stereocenters. The highest BCUT2D eigenvalue weighted by Crippen LogP contribution is 2.29. The van der Waals surface area contributed by atoms with Crippen LogP contribution < -0.4 is 0 Å². The summed E-state index contributed by atoms with van der Waals surface area (Å²) in [5, 5.41) is 9.38. The number of carbonyl (C=O) groups is 2. The molecule has 2 aromatic carbocycles. The van der Waals surface area contributed by atoms with Crippen molar-refractivity contribution in [2.75, 3.05) is 45.7 Å². The average molecular weight is 627 g/mol. The number of hydrogen-bond donors (Lipinski definition) is 0. The molecule has 0 aliphatic heterocycles. The lowest BCUT2D eigenvalue weighted by Crippen LogP contribution is -2.28. The van der Waals surface area contributed by atoms with Gasteiger partial charge in [0.15, 0.2) is 9.84 Å². The summed E-state index contributed by atoms with van der Waals surface area (Å²) in [5.74, 6) is -1.10. The van der Waals surface area contributed by atoms with Crippen LogP contribution in [0, 0.1) is 10.1 Å². The van der Waals surface area contributed by atoms with Crippen LogP contribution >= 0.6 is 12.4 Å². The number of carbonyl (C=O) groups excluding carboxylic acids is 2. The maximum Gasteiger partial charge on any atom is 0.339 e. The van der Waals surface area contributed by atoms with E-state index >= 15 is 0 Å². The standard InChI is InChI=1S/C29H38N2O9S.ClH/c1-4-30(5-2)19-21-38-29(33)28(24-12-8-6-9-13-24)26(23-15-17-25(18-16-23)41(3,36)37)22-39-27(32)14-10-7-11-20-40-31(34)35;/h6,8-9,12-13,15-18H,4-5,7,10-11,14,19-22H2,1-3H3;1H/b28-26+;. The third kappa shape index (κ3) is 12.6. The van der Waals surface area contributed by atoms with Gasteiger partial charge in [0.2, 0.25) is 0 Å². The zero-order valence-corrected chi connectivity index (χ0v) is 25.8. The molecule has 13 heteroatoms. The van der Waals surface area contributed by atoms with Crippen LogP contribution in [0.15, 0.2) is 59.5 Å². The molecule has 0 aromatic heterocycles. The van der Waals surface area contributed by atoms with Crippen LogP contribution in [0.4, 0.5) is 0 Å². The summed E-state index contributed by atoms with van der Waals surface area (Å²) in [7, 11) is -3.45. The molecule has 0 aliphatic rings. The molecule has 232 valence electrons. The van der Waals surface area contributed by atoms with E-state index < -0.39 is 26.9 Å². The number of halogens is 1. The van der Waals surface area contributed by atoms with Crippen molar-refractivity contribution in [3.63, 3.8) is 0 Å². The van der Waals surface area contributed by atoms with Gasteiger partial charge in [0.1, 0.15) is 13.2 Å². The normalized spacial score (nSPS) is 11.7. The largest absolute Gasteiger partial charge is 0.461 e. The van der Waals surface area contributed by atoms with Gasteiger partial charge < -0.3 is 19.2 Å². The molecule has 0 fully saturated rings. The van der Waals surface area contributed by atoms with E-state index in [-0.39, 0.29) is 49.1 Å². The van der Waals surface area contributed by atoms with Gasteiger partial charge in [-0.1, -0.05) is 62.7 Å². The smallest absolute Gasteiger partial charge is 0.339 e. The Morgan fingerprint density at radius 1 is 0.881 bits per heavy atom. The number of hydrogen-bond acceptors (Lipinski definition) is 10. The first-order chi connectivity index (χ1) is 19.6. The SMILES string of the molecule is CCN(CC)CCOC(=O)/C(=C(\COC(=O)CCCCCO[N+](=O)[O-])c1ccc(S(C)(=O)=O)cc1)c1ccccc1.Cl. The Labute approximate surface area is 253 Å². The van der Waals surface area contributed by atoms with Crippen LogP contribution in [0.5, 0.6) is 0 Å². The van der Waals surface area contributed by atoms with Crippen LogP contribution in [0.25, 0.3) is 11.1 Å². The zero-order chi connectivity index (χ0) is 30.3. The summed E-state index contributed by atoms with van der Waals surface area (Å²) in [5.41, 5.74) is 1.64. The molecule has 0 atom stereocenters. The summed E-state index contributed by atoms with van der Waals surface area (Å²) < 4.78 is 35.3. The number of ether oxygens (including phenoxy) is 2. The molecule has 42 heavy (non-hydrogen) atoms. The Balaban J connectivity index is 0.00000882. The molecule has 0 heterocycles. The lowest BCUT2D eigenvalue weighted by Gasteiger charge is -2.19. The molecule has 0 N–H and O–H groups in total. The number of unbranched alkanes of at least 4 members (excludes halogenated alkanes) is 2. The second-order valence-electron chi connectivity index (χ2n) is 9.21. The van der Waals surface area contributed by atoms with Gasteiger partial charge in [-0.2, -0.15) is 0 Å². The molecule has 0 amide bonds. The van der Waals surface area contributed by atoms with Crippen molar-refractivity contribution in [3.05, 3.63) is 75.8 Å². The number of benzene rings is 2. The lowest BCUT2D eigenvalue weighted by molar-refractivity contribution is -0.757. The van der Waals surface area contributed by atoms with Crippen LogP contribution in [0.2, 0.25) is 0 Å². The Kier molecular flexibility index (Phi) is 16.4. The third-order valence-electron chi connectivity index (χ3n) is 6.33. The van der Waals surface area contributed by atoms with Crippen molar-refractivity contribution in [1.29, 1.82) is 0 Å². The highest BCUT2D eigenvalue weighted by molar-refractivity contribution is 7.90. The van der Waals surface area contributed by atoms with Gasteiger partial charge in [-0.05, 0) is 49.2 Å². The topological polar surface area (TPSA) is 142 Å². The molecule has 0 bridgehead atoms. The Morgan fingerprint density at radius 3 is 2.10 bits per heavy atom. The highest BCUT2D eigenvalue weighted by Gasteiger charge is 2.22. The van der Waals surface area contributed by atoms with E-state index in [1.54, 1.807) is 36.4 Å². The molecule has 11 nitrogen and oxygen atoms in total. The van der Waals surface area contributed by atoms with Crippen LogP contribution in [-0.4, -0.2) is 76.1 Å². The maximum absolute atomic E-state index is 13.5. The van der Waals surface area contributed by atoms with Gasteiger partial charge in [0.05, 0.1) is 17.1 Å². The van der Waals surface area contributed by atoms with Crippen molar-refractivity contribution < 1.29 is 37.4 Å². The summed E-state index contributed by atoms with van der Waals surface area (Å²) in [6.07, 6.45) is 2.58. The second kappa shape index (κ2) is 18.9. The molecule has 0 spiro atoms. The summed E-state index contributed by atoms with van der Waals surface area (Å²) in [6.45, 7) is 6.09. The number of nitrogens with zero attached hydrogens (tertiary/aromatic N) is 2. The Morgan fingerprint density at radius 2 is 1.52 bits per heavy atom. The first kappa shape index (κ1) is 36.5. The molecule has 0 saturated carbocycles. The molecular formula is C29H39ClN2O9S. The van der Waals surface area contributed by atoms with Gasteiger partial charge in [0.25, 0.3) is 5.09 Å². The van der Waals surface area contributed by atoms with Crippen molar-refractivity contribution in [3.8, 4) is 0 Å². The van der Waals surface area contributed by atoms with Crippen molar-refractivity contribution in [2.24, 2.45) is 0 Å². The first-order valence-electron chi connectivity index (χ1n) is 13.5. The van der Waals surface area contributed by atoms with E-state index in [0.717, 1.165) is 19.3 Å². The minimum absolute atomic E-state index is 0. The van der Waals surface area contributed by atoms with Gasteiger partial charge in [-0.15, -0.1) is 22.5 Å².